The number of nitrogens with two attached hydrogens (primary N) is 1. The van der Waals surface area contributed by atoms with E-state index >= 15 is 0 Å². The minimum Gasteiger partial charge on any atom is -0.379 e. The summed E-state index contributed by atoms with van der Waals surface area (Å²) in [7, 11) is 0. The van der Waals surface area contributed by atoms with E-state index in [0.717, 1.165) is 12.1 Å². The molecule has 0 amide bonds. The number of hydrogen-bond donors (Lipinski definition) is 2. The Labute approximate surface area is 76.4 Å². The molecule has 0 bridgehead atoms. The third-order valence-electron chi connectivity index (χ3n) is 2.07. The van der Waals surface area contributed by atoms with Crippen LogP contribution in [0, 0.1) is 11.3 Å². The molecular weight excluding hydrogens is 164 g/mol. The van der Waals surface area contributed by atoms with Crippen molar-refractivity contribution in [3.8, 4) is 6.07 Å². The van der Waals surface area contributed by atoms with Gasteiger partial charge in [-0.1, -0.05) is 0 Å². The standard InChI is InChI=1S/C9H10N4/c10-4-6-1-2-7(5-12-6)13-9-3-8(9)11/h1-2,5,8-9,13H,3,11H2. The average molecular weight is 174 g/mol. The van der Waals surface area contributed by atoms with Crippen molar-refractivity contribution in [2.75, 3.05) is 5.32 Å². The Morgan fingerprint density at radius 2 is 2.38 bits per heavy atom. The Kier molecular flexibility index (Phi) is 1.87. The van der Waals surface area contributed by atoms with Crippen LogP contribution < -0.4 is 11.1 Å². The van der Waals surface area contributed by atoms with Crippen molar-refractivity contribution >= 4 is 5.69 Å². The van der Waals surface area contributed by atoms with Crippen molar-refractivity contribution in [1.29, 1.82) is 5.26 Å². The van der Waals surface area contributed by atoms with Crippen LogP contribution in [-0.2, 0) is 0 Å². The number of rotatable bonds is 2. The Morgan fingerprint density at radius 1 is 1.62 bits per heavy atom. The van der Waals surface area contributed by atoms with Gasteiger partial charge in [-0.25, -0.2) is 4.98 Å². The van der Waals surface area contributed by atoms with E-state index in [1.165, 1.54) is 0 Å². The first kappa shape index (κ1) is 8.02. The number of nitrogens with one attached hydrogen (secondary N) is 1. The van der Waals surface area contributed by atoms with E-state index in [1.54, 1.807) is 12.3 Å². The summed E-state index contributed by atoms with van der Waals surface area (Å²) in [6.45, 7) is 0. The second kappa shape index (κ2) is 3.04. The lowest BCUT2D eigenvalue weighted by Gasteiger charge is -2.02. The van der Waals surface area contributed by atoms with E-state index in [9.17, 15) is 0 Å². The molecule has 1 aliphatic carbocycles. The van der Waals surface area contributed by atoms with Gasteiger partial charge in [0.05, 0.1) is 11.9 Å². The van der Waals surface area contributed by atoms with Crippen molar-refractivity contribution in [3.63, 3.8) is 0 Å². The number of aromatic nitrogens is 1. The van der Waals surface area contributed by atoms with E-state index in [0.29, 0.717) is 11.7 Å². The molecule has 2 atom stereocenters. The van der Waals surface area contributed by atoms with Gasteiger partial charge < -0.3 is 11.1 Å². The van der Waals surface area contributed by atoms with Gasteiger partial charge in [0.15, 0.2) is 0 Å². The summed E-state index contributed by atoms with van der Waals surface area (Å²) in [5.41, 5.74) is 7.00. The van der Waals surface area contributed by atoms with Crippen LogP contribution in [0.3, 0.4) is 0 Å². The number of nitriles is 1. The molecule has 1 fully saturated rings. The van der Waals surface area contributed by atoms with E-state index in [2.05, 4.69) is 10.3 Å². The molecule has 1 heterocycles. The van der Waals surface area contributed by atoms with Crippen molar-refractivity contribution in [2.24, 2.45) is 5.73 Å². The van der Waals surface area contributed by atoms with Crippen molar-refractivity contribution < 1.29 is 0 Å². The van der Waals surface area contributed by atoms with Crippen molar-refractivity contribution in [1.82, 2.24) is 4.98 Å². The zero-order chi connectivity index (χ0) is 9.26. The van der Waals surface area contributed by atoms with Crippen LogP contribution in [0.1, 0.15) is 12.1 Å². The van der Waals surface area contributed by atoms with Crippen LogP contribution in [0.2, 0.25) is 0 Å². The first-order valence-electron chi connectivity index (χ1n) is 4.18. The second-order valence-electron chi connectivity index (χ2n) is 3.19. The zero-order valence-electron chi connectivity index (χ0n) is 7.07. The predicted octanol–water partition coefficient (Wildman–Crippen LogP) is 0.465. The van der Waals surface area contributed by atoms with Crippen LogP contribution in [0.25, 0.3) is 0 Å². The Hall–Kier alpha value is -1.60. The van der Waals surface area contributed by atoms with Crippen LogP contribution in [-0.4, -0.2) is 17.1 Å². The molecule has 1 aromatic rings. The van der Waals surface area contributed by atoms with Crippen molar-refractivity contribution in [3.05, 3.63) is 24.0 Å². The summed E-state index contributed by atoms with van der Waals surface area (Å²) in [6.07, 6.45) is 2.67. The maximum absolute atomic E-state index is 8.51. The van der Waals surface area contributed by atoms with Gasteiger partial charge in [0.25, 0.3) is 0 Å². The average Bonchev–Trinajstić information content (AvgIpc) is 2.83. The van der Waals surface area contributed by atoms with Gasteiger partial charge in [-0.2, -0.15) is 5.26 Å². The monoisotopic (exact) mass is 174 g/mol. The summed E-state index contributed by atoms with van der Waals surface area (Å²) in [5, 5.41) is 11.7. The highest BCUT2D eigenvalue weighted by atomic mass is 15.0. The van der Waals surface area contributed by atoms with Gasteiger partial charge in [0.1, 0.15) is 11.8 Å². The first-order chi connectivity index (χ1) is 6.29. The molecule has 0 aliphatic heterocycles. The van der Waals surface area contributed by atoms with Crippen LogP contribution >= 0.6 is 0 Å². The molecule has 1 aliphatic rings. The van der Waals surface area contributed by atoms with Gasteiger partial charge in [0, 0.05) is 12.1 Å². The molecule has 0 spiro atoms. The topological polar surface area (TPSA) is 74.7 Å². The molecule has 0 radical (unpaired) electrons. The van der Waals surface area contributed by atoms with Gasteiger partial charge >= 0.3 is 0 Å². The lowest BCUT2D eigenvalue weighted by molar-refractivity contribution is 1.00. The number of pyridine rings is 1. The number of nitrogens with zero attached hydrogens (tertiary/aromatic N) is 2. The van der Waals surface area contributed by atoms with Gasteiger partial charge in [0.2, 0.25) is 0 Å². The minimum atomic E-state index is 0.274. The quantitative estimate of drug-likeness (QED) is 0.683. The SMILES string of the molecule is N#Cc1ccc(NC2CC2N)cn1. The van der Waals surface area contributed by atoms with Crippen LogP contribution in [0.5, 0.6) is 0 Å². The second-order valence-corrected chi connectivity index (χ2v) is 3.19. The largest absolute Gasteiger partial charge is 0.379 e. The summed E-state index contributed by atoms with van der Waals surface area (Å²) < 4.78 is 0. The fraction of sp³-hybridized carbons (Fsp3) is 0.333. The summed E-state index contributed by atoms with van der Waals surface area (Å²) in [6, 6.07) is 6.16. The van der Waals surface area contributed by atoms with Gasteiger partial charge in [-0.05, 0) is 18.6 Å². The summed E-state index contributed by atoms with van der Waals surface area (Å²) in [5.74, 6) is 0. The molecule has 4 heteroatoms. The maximum atomic E-state index is 8.51. The molecule has 13 heavy (non-hydrogen) atoms. The fourth-order valence-electron chi connectivity index (χ4n) is 1.14. The Bertz CT molecular complexity index is 338. The maximum Gasteiger partial charge on any atom is 0.140 e. The van der Waals surface area contributed by atoms with Gasteiger partial charge in [-0.3, -0.25) is 0 Å². The highest BCUT2D eigenvalue weighted by Gasteiger charge is 2.33. The van der Waals surface area contributed by atoms with Crippen LogP contribution in [0.15, 0.2) is 18.3 Å². The molecule has 66 valence electrons. The van der Waals surface area contributed by atoms with Gasteiger partial charge in [-0.15, -0.1) is 0 Å². The lowest BCUT2D eigenvalue weighted by atomic mass is 10.3. The van der Waals surface area contributed by atoms with E-state index < -0.39 is 0 Å². The van der Waals surface area contributed by atoms with Crippen molar-refractivity contribution in [2.45, 2.75) is 18.5 Å². The van der Waals surface area contributed by atoms with Crippen LogP contribution in [0.4, 0.5) is 5.69 Å². The summed E-state index contributed by atoms with van der Waals surface area (Å²) >= 11 is 0. The Morgan fingerprint density at radius 3 is 2.85 bits per heavy atom. The molecule has 0 saturated heterocycles. The molecule has 0 aromatic carbocycles. The molecule has 1 aromatic heterocycles. The normalized spacial score (nSPS) is 24.9. The number of anilines is 1. The highest BCUT2D eigenvalue weighted by molar-refractivity contribution is 5.45. The lowest BCUT2D eigenvalue weighted by Crippen LogP contribution is -2.13. The third kappa shape index (κ3) is 1.76. The van der Waals surface area contributed by atoms with E-state index in [1.807, 2.05) is 12.1 Å². The number of hydrogen-bond acceptors (Lipinski definition) is 4. The highest BCUT2D eigenvalue weighted by Crippen LogP contribution is 2.23. The molecule has 2 rings (SSSR count). The summed E-state index contributed by atoms with van der Waals surface area (Å²) in [4.78, 5) is 3.94. The molecule has 1 saturated carbocycles. The zero-order valence-corrected chi connectivity index (χ0v) is 7.07. The van der Waals surface area contributed by atoms with E-state index in [-0.39, 0.29) is 6.04 Å². The minimum absolute atomic E-state index is 0.274. The Balaban J connectivity index is 2.02. The predicted molar refractivity (Wildman–Crippen MR) is 49.0 cm³/mol. The third-order valence-corrected chi connectivity index (χ3v) is 2.07. The smallest absolute Gasteiger partial charge is 0.140 e. The molecule has 4 nitrogen and oxygen atoms in total. The fourth-order valence-corrected chi connectivity index (χ4v) is 1.14. The molecular formula is C9H10N4. The molecule has 3 N–H and O–H groups in total. The first-order valence-corrected chi connectivity index (χ1v) is 4.18. The molecule has 2 unspecified atom stereocenters. The van der Waals surface area contributed by atoms with E-state index in [4.69, 9.17) is 11.0 Å².